The smallest absolute Gasteiger partial charge is 0.241 e. The van der Waals surface area contributed by atoms with E-state index >= 15 is 0 Å². The first-order chi connectivity index (χ1) is 9.83. The average molecular weight is 308 g/mol. The van der Waals surface area contributed by atoms with Crippen LogP contribution in [0.2, 0.25) is 0 Å². The quantitative estimate of drug-likeness (QED) is 0.861. The third-order valence-corrected chi connectivity index (χ3v) is 4.91. The van der Waals surface area contributed by atoms with E-state index in [0.717, 1.165) is 16.7 Å². The van der Waals surface area contributed by atoms with Gasteiger partial charge in [-0.3, -0.25) is 4.68 Å². The largest absolute Gasteiger partial charge is 0.326 e. The molecule has 6 nitrogen and oxygen atoms in total. The molecule has 3 N–H and O–H groups in total. The number of aromatic nitrogens is 2. The summed E-state index contributed by atoms with van der Waals surface area (Å²) in [5, 5.41) is 4.01. The zero-order chi connectivity index (χ0) is 15.6. The molecule has 114 valence electrons. The Balaban J connectivity index is 2.27. The molecule has 0 fully saturated rings. The summed E-state index contributed by atoms with van der Waals surface area (Å²) in [7, 11) is -1.78. The molecule has 0 saturated carbocycles. The van der Waals surface area contributed by atoms with E-state index in [-0.39, 0.29) is 11.4 Å². The van der Waals surface area contributed by atoms with Gasteiger partial charge in [-0.25, -0.2) is 13.1 Å². The summed E-state index contributed by atoms with van der Waals surface area (Å²) in [6.45, 7) is 4.24. The normalized spacial score (nSPS) is 11.8. The molecule has 0 spiro atoms. The van der Waals surface area contributed by atoms with Gasteiger partial charge in [0.15, 0.2) is 0 Å². The van der Waals surface area contributed by atoms with Crippen molar-refractivity contribution in [3.05, 3.63) is 46.8 Å². The highest BCUT2D eigenvalue weighted by Crippen LogP contribution is 2.20. The Kier molecular flexibility index (Phi) is 4.46. The number of hydrogen-bond donors (Lipinski definition) is 2. The molecule has 0 aliphatic heterocycles. The molecule has 0 atom stereocenters. The van der Waals surface area contributed by atoms with Crippen LogP contribution in [0.3, 0.4) is 0 Å². The molecule has 1 heterocycles. The van der Waals surface area contributed by atoms with Gasteiger partial charge in [-0.15, -0.1) is 0 Å². The first-order valence-corrected chi connectivity index (χ1v) is 8.09. The van der Waals surface area contributed by atoms with E-state index in [9.17, 15) is 8.42 Å². The lowest BCUT2D eigenvalue weighted by molar-refractivity contribution is 0.580. The molecule has 2 aromatic rings. The van der Waals surface area contributed by atoms with E-state index in [1.165, 1.54) is 0 Å². The summed E-state index contributed by atoms with van der Waals surface area (Å²) in [6.07, 6.45) is 3.41. The van der Waals surface area contributed by atoms with Crippen molar-refractivity contribution in [3.63, 3.8) is 0 Å². The number of nitrogens with two attached hydrogens (primary N) is 1. The van der Waals surface area contributed by atoms with Gasteiger partial charge in [0.1, 0.15) is 0 Å². The lowest BCUT2D eigenvalue weighted by atomic mass is 10.1. The van der Waals surface area contributed by atoms with Gasteiger partial charge in [0.25, 0.3) is 0 Å². The maximum absolute atomic E-state index is 12.4. The number of aryl methyl sites for hydroxylation is 3. The van der Waals surface area contributed by atoms with Gasteiger partial charge >= 0.3 is 0 Å². The van der Waals surface area contributed by atoms with Crippen LogP contribution in [0.5, 0.6) is 0 Å². The molecule has 21 heavy (non-hydrogen) atoms. The van der Waals surface area contributed by atoms with Crippen LogP contribution in [-0.2, 0) is 30.2 Å². The molecule has 1 aromatic heterocycles. The predicted molar refractivity (Wildman–Crippen MR) is 81.0 cm³/mol. The van der Waals surface area contributed by atoms with Gasteiger partial charge in [-0.2, -0.15) is 5.10 Å². The summed E-state index contributed by atoms with van der Waals surface area (Å²) in [6, 6.07) is 3.50. The van der Waals surface area contributed by atoms with E-state index < -0.39 is 10.0 Å². The fourth-order valence-corrected chi connectivity index (χ4v) is 3.50. The monoisotopic (exact) mass is 308 g/mol. The molecule has 0 bridgehead atoms. The molecule has 0 saturated heterocycles. The number of hydrogen-bond acceptors (Lipinski definition) is 4. The zero-order valence-electron chi connectivity index (χ0n) is 12.4. The van der Waals surface area contributed by atoms with E-state index in [0.29, 0.717) is 12.1 Å². The molecule has 0 aliphatic carbocycles. The van der Waals surface area contributed by atoms with Crippen molar-refractivity contribution in [3.8, 4) is 0 Å². The Bertz CT molecular complexity index is 750. The van der Waals surface area contributed by atoms with Gasteiger partial charge in [0.2, 0.25) is 10.0 Å². The van der Waals surface area contributed by atoms with E-state index in [1.54, 1.807) is 37.1 Å². The second-order valence-electron chi connectivity index (χ2n) is 5.10. The number of sulfonamides is 1. The lowest BCUT2D eigenvalue weighted by Gasteiger charge is -2.12. The molecule has 0 unspecified atom stereocenters. The molecule has 0 aliphatic rings. The van der Waals surface area contributed by atoms with Crippen molar-refractivity contribution in [2.45, 2.75) is 31.8 Å². The van der Waals surface area contributed by atoms with Crippen LogP contribution >= 0.6 is 0 Å². The molecule has 2 rings (SSSR count). The Labute approximate surface area is 125 Å². The van der Waals surface area contributed by atoms with Crippen LogP contribution < -0.4 is 10.5 Å². The van der Waals surface area contributed by atoms with Gasteiger partial charge in [-0.05, 0) is 36.6 Å². The van der Waals surface area contributed by atoms with Crippen LogP contribution in [0.25, 0.3) is 0 Å². The third kappa shape index (κ3) is 3.49. The molecule has 1 aromatic carbocycles. The number of benzene rings is 1. The van der Waals surface area contributed by atoms with Gasteiger partial charge in [0.05, 0.1) is 11.1 Å². The summed E-state index contributed by atoms with van der Waals surface area (Å²) >= 11 is 0. The van der Waals surface area contributed by atoms with Crippen molar-refractivity contribution in [2.75, 3.05) is 0 Å². The Hall–Kier alpha value is -1.70. The molecule has 7 heteroatoms. The minimum atomic E-state index is -3.57. The fourth-order valence-electron chi connectivity index (χ4n) is 2.20. The minimum Gasteiger partial charge on any atom is -0.326 e. The first-order valence-electron chi connectivity index (χ1n) is 6.61. The molecule has 0 amide bonds. The van der Waals surface area contributed by atoms with Crippen LogP contribution in [0, 0.1) is 13.8 Å². The Morgan fingerprint density at radius 1 is 1.29 bits per heavy atom. The van der Waals surface area contributed by atoms with Crippen LogP contribution in [0.15, 0.2) is 29.4 Å². The van der Waals surface area contributed by atoms with Crippen molar-refractivity contribution in [1.82, 2.24) is 14.5 Å². The maximum Gasteiger partial charge on any atom is 0.241 e. The zero-order valence-corrected chi connectivity index (χ0v) is 13.2. The highest BCUT2D eigenvalue weighted by atomic mass is 32.2. The van der Waals surface area contributed by atoms with E-state index in [2.05, 4.69) is 9.82 Å². The third-order valence-electron chi connectivity index (χ3n) is 3.37. The summed E-state index contributed by atoms with van der Waals surface area (Å²) < 4.78 is 29.1. The van der Waals surface area contributed by atoms with Gasteiger partial charge in [0, 0.05) is 31.9 Å². The van der Waals surface area contributed by atoms with Crippen LogP contribution in [-0.4, -0.2) is 18.2 Å². The second-order valence-corrected chi connectivity index (χ2v) is 6.83. The Morgan fingerprint density at radius 3 is 2.57 bits per heavy atom. The molecular weight excluding hydrogens is 288 g/mol. The van der Waals surface area contributed by atoms with Crippen molar-refractivity contribution in [2.24, 2.45) is 12.8 Å². The topological polar surface area (TPSA) is 90.0 Å². The minimum absolute atomic E-state index is 0.210. The molecular formula is C14H20N4O2S. The first kappa shape index (κ1) is 15.7. The summed E-state index contributed by atoms with van der Waals surface area (Å²) in [4.78, 5) is 0.275. The maximum atomic E-state index is 12.4. The van der Waals surface area contributed by atoms with Gasteiger partial charge < -0.3 is 5.73 Å². The SMILES string of the molecule is Cc1cc(C)c(S(=O)(=O)NCc2cnn(C)c2)cc1CN. The van der Waals surface area contributed by atoms with Crippen LogP contribution in [0.1, 0.15) is 22.3 Å². The standard InChI is InChI=1S/C14H20N4O2S/c1-10-4-11(2)14(5-13(10)6-15)21(19,20)17-8-12-7-16-18(3)9-12/h4-5,7,9,17H,6,8,15H2,1-3H3. The number of nitrogens with one attached hydrogen (secondary N) is 1. The van der Waals surface area contributed by atoms with Crippen molar-refractivity contribution < 1.29 is 8.42 Å². The van der Waals surface area contributed by atoms with E-state index in [4.69, 9.17) is 5.73 Å². The summed E-state index contributed by atoms with van der Waals surface area (Å²) in [5.41, 5.74) is 9.01. The molecule has 0 radical (unpaired) electrons. The second kappa shape index (κ2) is 5.97. The van der Waals surface area contributed by atoms with Crippen molar-refractivity contribution >= 4 is 10.0 Å². The number of nitrogens with zero attached hydrogens (tertiary/aromatic N) is 2. The predicted octanol–water partition coefficient (Wildman–Crippen LogP) is 0.974. The Morgan fingerprint density at radius 2 is 2.00 bits per heavy atom. The highest BCUT2D eigenvalue weighted by molar-refractivity contribution is 7.89. The lowest BCUT2D eigenvalue weighted by Crippen LogP contribution is -2.24. The fraction of sp³-hybridized carbons (Fsp3) is 0.357. The summed E-state index contributed by atoms with van der Waals surface area (Å²) in [5.74, 6) is 0. The van der Waals surface area contributed by atoms with E-state index in [1.807, 2.05) is 13.0 Å². The van der Waals surface area contributed by atoms with Crippen molar-refractivity contribution in [1.29, 1.82) is 0 Å². The van der Waals surface area contributed by atoms with Gasteiger partial charge in [-0.1, -0.05) is 6.07 Å². The number of rotatable bonds is 5. The highest BCUT2D eigenvalue weighted by Gasteiger charge is 2.18. The van der Waals surface area contributed by atoms with Crippen LogP contribution in [0.4, 0.5) is 0 Å². The average Bonchev–Trinajstić information content (AvgIpc) is 2.82.